The van der Waals surface area contributed by atoms with Crippen LogP contribution >= 0.6 is 23.2 Å². The minimum absolute atomic E-state index is 0.0804. The highest BCUT2D eigenvalue weighted by Gasteiger charge is 2.15. The quantitative estimate of drug-likeness (QED) is 0.604. The largest absolute Gasteiger partial charge is 0.480 e. The van der Waals surface area contributed by atoms with Crippen LogP contribution in [0.25, 0.3) is 10.9 Å². The summed E-state index contributed by atoms with van der Waals surface area (Å²) in [7, 11) is 0. The molecule has 0 bridgehead atoms. The number of benzene rings is 2. The fraction of sp³-hybridized carbons (Fsp3) is 0.150. The first-order chi connectivity index (χ1) is 12.8. The molecule has 2 aromatic carbocycles. The Balaban J connectivity index is 1.79. The Morgan fingerprint density at radius 2 is 1.89 bits per heavy atom. The molecular formula is C20H16Cl2N2O3. The van der Waals surface area contributed by atoms with Crippen LogP contribution in [0.3, 0.4) is 0 Å². The Morgan fingerprint density at radius 1 is 1.11 bits per heavy atom. The van der Waals surface area contributed by atoms with Crippen molar-refractivity contribution < 1.29 is 14.3 Å². The second-order valence-corrected chi connectivity index (χ2v) is 6.81. The van der Waals surface area contributed by atoms with Gasteiger partial charge < -0.3 is 10.1 Å². The maximum absolute atomic E-state index is 12.2. The first kappa shape index (κ1) is 19.1. The number of amides is 1. The van der Waals surface area contributed by atoms with E-state index in [1.165, 1.54) is 6.92 Å². The van der Waals surface area contributed by atoms with E-state index >= 15 is 0 Å². The van der Waals surface area contributed by atoms with Gasteiger partial charge in [-0.05, 0) is 44.2 Å². The van der Waals surface area contributed by atoms with Gasteiger partial charge in [-0.2, -0.15) is 0 Å². The van der Waals surface area contributed by atoms with Crippen molar-refractivity contribution in [1.29, 1.82) is 0 Å². The van der Waals surface area contributed by atoms with Crippen LogP contribution in [-0.4, -0.2) is 23.3 Å². The molecule has 3 rings (SSSR count). The zero-order valence-corrected chi connectivity index (χ0v) is 16.2. The molecule has 7 heteroatoms. The van der Waals surface area contributed by atoms with E-state index < -0.39 is 0 Å². The lowest BCUT2D eigenvalue weighted by atomic mass is 10.1. The van der Waals surface area contributed by atoms with Gasteiger partial charge in [0, 0.05) is 22.3 Å². The van der Waals surface area contributed by atoms with E-state index in [1.54, 1.807) is 30.3 Å². The molecule has 0 saturated heterocycles. The van der Waals surface area contributed by atoms with Crippen molar-refractivity contribution in [2.45, 2.75) is 13.8 Å². The maximum atomic E-state index is 12.2. The van der Waals surface area contributed by atoms with Crippen molar-refractivity contribution in [1.82, 2.24) is 4.98 Å². The normalized spacial score (nSPS) is 10.7. The highest BCUT2D eigenvalue weighted by molar-refractivity contribution is 6.39. The number of pyridine rings is 1. The van der Waals surface area contributed by atoms with Crippen molar-refractivity contribution in [2.24, 2.45) is 0 Å². The third-order valence-electron chi connectivity index (χ3n) is 3.88. The number of aryl methyl sites for hydroxylation is 1. The average Bonchev–Trinajstić information content (AvgIpc) is 2.61. The molecule has 0 radical (unpaired) electrons. The summed E-state index contributed by atoms with van der Waals surface area (Å²) in [6.45, 7) is 3.04. The summed E-state index contributed by atoms with van der Waals surface area (Å²) in [5.41, 5.74) is 2.30. The average molecular weight is 403 g/mol. The molecule has 1 aromatic heterocycles. The monoisotopic (exact) mass is 402 g/mol. The number of ether oxygens (including phenoxy) is 1. The van der Waals surface area contributed by atoms with Gasteiger partial charge in [-0.15, -0.1) is 0 Å². The minimum Gasteiger partial charge on any atom is -0.480 e. The van der Waals surface area contributed by atoms with Gasteiger partial charge in [-0.3, -0.25) is 9.59 Å². The van der Waals surface area contributed by atoms with Crippen LogP contribution in [0.2, 0.25) is 10.0 Å². The Kier molecular flexibility index (Phi) is 5.63. The number of ketones is 1. The zero-order chi connectivity index (χ0) is 19.6. The van der Waals surface area contributed by atoms with Gasteiger partial charge in [-0.25, -0.2) is 4.98 Å². The highest BCUT2D eigenvalue weighted by Crippen LogP contribution is 2.37. The maximum Gasteiger partial charge on any atom is 0.262 e. The summed E-state index contributed by atoms with van der Waals surface area (Å²) in [5, 5.41) is 4.12. The second-order valence-electron chi connectivity index (χ2n) is 5.99. The lowest BCUT2D eigenvalue weighted by Gasteiger charge is -2.12. The van der Waals surface area contributed by atoms with Crippen LogP contribution in [0.1, 0.15) is 23.0 Å². The Hall–Kier alpha value is -2.63. The van der Waals surface area contributed by atoms with Gasteiger partial charge in [0.15, 0.2) is 18.1 Å². The van der Waals surface area contributed by atoms with Crippen LogP contribution in [0, 0.1) is 6.92 Å². The fourth-order valence-electron chi connectivity index (χ4n) is 2.58. The second kappa shape index (κ2) is 7.94. The standard InChI is InChI=1S/C20H16Cl2N2O3/c1-11-6-7-15-16(21)9-17(22)20(19(15)23-11)27-10-18(26)24-14-5-3-4-13(8-14)12(2)25/h3-9H,10H2,1-2H3,(H,24,26). The van der Waals surface area contributed by atoms with Gasteiger partial charge in [-0.1, -0.05) is 35.3 Å². The van der Waals surface area contributed by atoms with Gasteiger partial charge in [0.05, 0.1) is 10.0 Å². The number of nitrogens with one attached hydrogen (secondary N) is 1. The molecule has 3 aromatic rings. The van der Waals surface area contributed by atoms with Gasteiger partial charge >= 0.3 is 0 Å². The van der Waals surface area contributed by atoms with Gasteiger partial charge in [0.1, 0.15) is 5.52 Å². The molecule has 0 spiro atoms. The van der Waals surface area contributed by atoms with Crippen molar-refractivity contribution in [3.8, 4) is 5.75 Å². The molecule has 1 heterocycles. The van der Waals surface area contributed by atoms with Crippen molar-refractivity contribution in [3.05, 3.63) is 63.8 Å². The molecule has 1 N–H and O–H groups in total. The number of nitrogens with zero attached hydrogens (tertiary/aromatic N) is 1. The Bertz CT molecular complexity index is 1050. The predicted octanol–water partition coefficient (Wildman–Crippen LogP) is 5.07. The molecule has 0 saturated carbocycles. The number of hydrogen-bond donors (Lipinski definition) is 1. The smallest absolute Gasteiger partial charge is 0.262 e. The lowest BCUT2D eigenvalue weighted by Crippen LogP contribution is -2.20. The van der Waals surface area contributed by atoms with Crippen LogP contribution < -0.4 is 10.1 Å². The molecule has 0 unspecified atom stereocenters. The zero-order valence-electron chi connectivity index (χ0n) is 14.7. The van der Waals surface area contributed by atoms with Crippen molar-refractivity contribution in [2.75, 3.05) is 11.9 Å². The topological polar surface area (TPSA) is 68.3 Å². The van der Waals surface area contributed by atoms with E-state index in [9.17, 15) is 9.59 Å². The molecule has 0 aliphatic rings. The number of carbonyl (C=O) groups excluding carboxylic acids is 2. The Morgan fingerprint density at radius 3 is 2.63 bits per heavy atom. The van der Waals surface area contributed by atoms with Crippen molar-refractivity contribution in [3.63, 3.8) is 0 Å². The van der Waals surface area contributed by atoms with Crippen LogP contribution in [0.4, 0.5) is 5.69 Å². The van der Waals surface area contributed by atoms with E-state index in [2.05, 4.69) is 10.3 Å². The number of hydrogen-bond acceptors (Lipinski definition) is 4. The number of aromatic nitrogens is 1. The first-order valence-corrected chi connectivity index (χ1v) is 8.90. The predicted molar refractivity (Wildman–Crippen MR) is 107 cm³/mol. The SMILES string of the molecule is CC(=O)c1cccc(NC(=O)COc2c(Cl)cc(Cl)c3ccc(C)nc23)c1. The molecule has 1 amide bonds. The molecule has 0 aliphatic carbocycles. The fourth-order valence-corrected chi connectivity index (χ4v) is 3.15. The van der Waals surface area contributed by atoms with E-state index in [0.717, 1.165) is 5.69 Å². The number of rotatable bonds is 5. The van der Waals surface area contributed by atoms with Crippen LogP contribution in [-0.2, 0) is 4.79 Å². The molecule has 0 fully saturated rings. The Labute approximate surface area is 166 Å². The van der Waals surface area contributed by atoms with Gasteiger partial charge in [0.25, 0.3) is 5.91 Å². The summed E-state index contributed by atoms with van der Waals surface area (Å²) >= 11 is 12.5. The molecular weight excluding hydrogens is 387 g/mol. The summed E-state index contributed by atoms with van der Waals surface area (Å²) in [6.07, 6.45) is 0. The van der Waals surface area contributed by atoms with Crippen molar-refractivity contribution >= 4 is 51.5 Å². The highest BCUT2D eigenvalue weighted by atomic mass is 35.5. The molecule has 5 nitrogen and oxygen atoms in total. The number of halogens is 2. The summed E-state index contributed by atoms with van der Waals surface area (Å²) in [4.78, 5) is 28.1. The summed E-state index contributed by atoms with van der Waals surface area (Å²) < 4.78 is 5.64. The van der Waals surface area contributed by atoms with E-state index in [0.29, 0.717) is 32.9 Å². The first-order valence-electron chi connectivity index (χ1n) is 8.14. The third-order valence-corrected chi connectivity index (χ3v) is 4.47. The van der Waals surface area contributed by atoms with E-state index in [1.807, 2.05) is 19.1 Å². The molecule has 138 valence electrons. The van der Waals surface area contributed by atoms with E-state index in [-0.39, 0.29) is 23.3 Å². The molecule has 0 atom stereocenters. The minimum atomic E-state index is -0.387. The molecule has 27 heavy (non-hydrogen) atoms. The number of anilines is 1. The number of Topliss-reactive ketones (excluding diaryl/α,β-unsaturated/α-hetero) is 1. The van der Waals surface area contributed by atoms with E-state index in [4.69, 9.17) is 27.9 Å². The van der Waals surface area contributed by atoms with Gasteiger partial charge in [0.2, 0.25) is 0 Å². The number of carbonyl (C=O) groups is 2. The summed E-state index contributed by atoms with van der Waals surface area (Å²) in [6, 6.07) is 11.9. The lowest BCUT2D eigenvalue weighted by molar-refractivity contribution is -0.118. The van der Waals surface area contributed by atoms with Crippen LogP contribution in [0.5, 0.6) is 5.75 Å². The van der Waals surface area contributed by atoms with Crippen LogP contribution in [0.15, 0.2) is 42.5 Å². The number of fused-ring (bicyclic) bond motifs is 1. The summed E-state index contributed by atoms with van der Waals surface area (Å²) in [5.74, 6) is -0.168. The molecule has 0 aliphatic heterocycles. The third kappa shape index (κ3) is 4.38.